The fraction of sp³-hybridized carbons (Fsp3) is 0.750. The molecular weight excluding hydrogens is 128 g/mol. The van der Waals surface area contributed by atoms with Crippen molar-refractivity contribution in [1.82, 2.24) is 0 Å². The molecule has 2 nitrogen and oxygen atoms in total. The molecule has 2 heteroatoms. The molecule has 0 spiro atoms. The Bertz CT molecular complexity index is 149. The maximum absolute atomic E-state index is 8.92. The first kappa shape index (κ1) is 7.76. The second kappa shape index (κ2) is 2.07. The first-order valence-corrected chi connectivity index (χ1v) is 3.49. The summed E-state index contributed by atoms with van der Waals surface area (Å²) in [6.07, 6.45) is 2.68. The zero-order valence-electron chi connectivity index (χ0n) is 6.30. The van der Waals surface area contributed by atoms with Crippen molar-refractivity contribution in [2.45, 2.75) is 13.3 Å². The van der Waals surface area contributed by atoms with E-state index < -0.39 is 0 Å². The van der Waals surface area contributed by atoms with Gasteiger partial charge in [-0.1, -0.05) is 13.0 Å². The highest BCUT2D eigenvalue weighted by Crippen LogP contribution is 2.63. The molecule has 0 bridgehead atoms. The minimum absolute atomic E-state index is 0.0312. The van der Waals surface area contributed by atoms with Gasteiger partial charge in [-0.3, -0.25) is 0 Å². The van der Waals surface area contributed by atoms with Crippen molar-refractivity contribution in [2.24, 2.45) is 10.8 Å². The zero-order chi connectivity index (χ0) is 7.83. The highest BCUT2D eigenvalue weighted by atomic mass is 16.3. The van der Waals surface area contributed by atoms with Crippen molar-refractivity contribution in [2.75, 3.05) is 13.2 Å². The molecule has 1 aliphatic rings. The normalized spacial score (nSPS) is 35.5. The Morgan fingerprint density at radius 3 is 2.10 bits per heavy atom. The molecule has 0 aromatic rings. The minimum atomic E-state index is -0.269. The Morgan fingerprint density at radius 1 is 1.50 bits per heavy atom. The van der Waals surface area contributed by atoms with Gasteiger partial charge in [0, 0.05) is 5.41 Å². The van der Waals surface area contributed by atoms with Crippen LogP contribution in [0.5, 0.6) is 0 Å². The standard InChI is InChI=1S/C8H14O2/c1-3-7(2)4-8(7,5-9)6-10/h3,9-10H,1,4-6H2,2H3. The lowest BCUT2D eigenvalue weighted by molar-refractivity contribution is 0.112. The fourth-order valence-corrected chi connectivity index (χ4v) is 1.47. The molecule has 58 valence electrons. The molecule has 1 atom stereocenters. The van der Waals surface area contributed by atoms with Crippen LogP contribution in [-0.4, -0.2) is 23.4 Å². The van der Waals surface area contributed by atoms with E-state index in [-0.39, 0.29) is 24.0 Å². The lowest BCUT2D eigenvalue weighted by Crippen LogP contribution is -2.18. The van der Waals surface area contributed by atoms with E-state index >= 15 is 0 Å². The van der Waals surface area contributed by atoms with E-state index in [9.17, 15) is 0 Å². The van der Waals surface area contributed by atoms with Gasteiger partial charge in [-0.15, -0.1) is 6.58 Å². The predicted octanol–water partition coefficient (Wildman–Crippen LogP) is 0.553. The van der Waals surface area contributed by atoms with E-state index in [1.807, 2.05) is 13.0 Å². The van der Waals surface area contributed by atoms with Crippen LogP contribution in [0.4, 0.5) is 0 Å². The van der Waals surface area contributed by atoms with Gasteiger partial charge in [0.1, 0.15) is 0 Å². The smallest absolute Gasteiger partial charge is 0.0518 e. The average Bonchev–Trinajstić information content (AvgIpc) is 2.59. The predicted molar refractivity (Wildman–Crippen MR) is 39.5 cm³/mol. The van der Waals surface area contributed by atoms with Crippen LogP contribution in [-0.2, 0) is 0 Å². The van der Waals surface area contributed by atoms with Crippen molar-refractivity contribution in [3.8, 4) is 0 Å². The summed E-state index contributed by atoms with van der Waals surface area (Å²) in [5.41, 5.74) is -0.300. The van der Waals surface area contributed by atoms with Crippen molar-refractivity contribution in [3.63, 3.8) is 0 Å². The number of rotatable bonds is 3. The molecule has 0 heterocycles. The molecule has 2 N–H and O–H groups in total. The molecule has 0 saturated heterocycles. The van der Waals surface area contributed by atoms with Gasteiger partial charge in [0.25, 0.3) is 0 Å². The third kappa shape index (κ3) is 0.724. The largest absolute Gasteiger partial charge is 0.396 e. The van der Waals surface area contributed by atoms with Crippen LogP contribution >= 0.6 is 0 Å². The van der Waals surface area contributed by atoms with E-state index in [0.29, 0.717) is 0 Å². The molecule has 1 fully saturated rings. The first-order valence-electron chi connectivity index (χ1n) is 3.49. The van der Waals surface area contributed by atoms with Crippen LogP contribution < -0.4 is 0 Å². The second-order valence-electron chi connectivity index (χ2n) is 3.39. The second-order valence-corrected chi connectivity index (χ2v) is 3.39. The van der Waals surface area contributed by atoms with Crippen molar-refractivity contribution in [3.05, 3.63) is 12.7 Å². The molecule has 0 aromatic carbocycles. The summed E-state index contributed by atoms with van der Waals surface area (Å²) < 4.78 is 0. The van der Waals surface area contributed by atoms with Crippen LogP contribution in [0.3, 0.4) is 0 Å². The molecule has 1 unspecified atom stereocenters. The van der Waals surface area contributed by atoms with Crippen LogP contribution in [0.1, 0.15) is 13.3 Å². The summed E-state index contributed by atoms with van der Waals surface area (Å²) in [6.45, 7) is 5.79. The number of aliphatic hydroxyl groups is 2. The summed E-state index contributed by atoms with van der Waals surface area (Å²) in [6, 6.07) is 0. The summed E-state index contributed by atoms with van der Waals surface area (Å²) in [7, 11) is 0. The third-order valence-electron chi connectivity index (χ3n) is 2.85. The molecule has 0 aliphatic heterocycles. The topological polar surface area (TPSA) is 40.5 Å². The quantitative estimate of drug-likeness (QED) is 0.565. The number of aliphatic hydroxyl groups excluding tert-OH is 2. The van der Waals surface area contributed by atoms with Gasteiger partial charge in [-0.05, 0) is 11.8 Å². The Labute approximate surface area is 61.2 Å². The van der Waals surface area contributed by atoms with Crippen LogP contribution in [0, 0.1) is 10.8 Å². The van der Waals surface area contributed by atoms with Crippen molar-refractivity contribution >= 4 is 0 Å². The molecule has 1 rings (SSSR count). The highest BCUT2D eigenvalue weighted by Gasteiger charge is 2.61. The maximum atomic E-state index is 8.92. The Balaban J connectivity index is 2.68. The number of allylic oxidation sites excluding steroid dienone is 1. The Hall–Kier alpha value is -0.340. The van der Waals surface area contributed by atoms with Crippen molar-refractivity contribution in [1.29, 1.82) is 0 Å². The number of hydrogen-bond donors (Lipinski definition) is 2. The lowest BCUT2D eigenvalue weighted by atomic mass is 9.96. The molecular formula is C8H14O2. The van der Waals surface area contributed by atoms with E-state index in [0.717, 1.165) is 6.42 Å². The number of hydrogen-bond acceptors (Lipinski definition) is 2. The van der Waals surface area contributed by atoms with Gasteiger partial charge in [0.2, 0.25) is 0 Å². The van der Waals surface area contributed by atoms with Gasteiger partial charge in [-0.25, -0.2) is 0 Å². The molecule has 1 aliphatic carbocycles. The summed E-state index contributed by atoms with van der Waals surface area (Å²) in [5.74, 6) is 0. The van der Waals surface area contributed by atoms with Gasteiger partial charge >= 0.3 is 0 Å². The van der Waals surface area contributed by atoms with Gasteiger partial charge < -0.3 is 10.2 Å². The minimum Gasteiger partial charge on any atom is -0.396 e. The van der Waals surface area contributed by atoms with Gasteiger partial charge in [-0.2, -0.15) is 0 Å². The average molecular weight is 142 g/mol. The SMILES string of the molecule is C=CC1(C)CC1(CO)CO. The van der Waals surface area contributed by atoms with E-state index in [2.05, 4.69) is 6.58 Å². The highest BCUT2D eigenvalue weighted by molar-refractivity contribution is 5.19. The monoisotopic (exact) mass is 142 g/mol. The first-order chi connectivity index (χ1) is 4.64. The fourth-order valence-electron chi connectivity index (χ4n) is 1.47. The van der Waals surface area contributed by atoms with Crippen LogP contribution in [0.25, 0.3) is 0 Å². The molecule has 0 radical (unpaired) electrons. The Kier molecular flexibility index (Phi) is 1.61. The maximum Gasteiger partial charge on any atom is 0.0518 e. The van der Waals surface area contributed by atoms with Crippen LogP contribution in [0.2, 0.25) is 0 Å². The molecule has 0 amide bonds. The third-order valence-corrected chi connectivity index (χ3v) is 2.85. The van der Waals surface area contributed by atoms with E-state index in [1.54, 1.807) is 0 Å². The molecule has 1 saturated carbocycles. The van der Waals surface area contributed by atoms with Gasteiger partial charge in [0.15, 0.2) is 0 Å². The van der Waals surface area contributed by atoms with E-state index in [4.69, 9.17) is 10.2 Å². The summed E-state index contributed by atoms with van der Waals surface area (Å²) in [4.78, 5) is 0. The molecule has 10 heavy (non-hydrogen) atoms. The summed E-state index contributed by atoms with van der Waals surface area (Å²) >= 11 is 0. The van der Waals surface area contributed by atoms with E-state index in [1.165, 1.54) is 0 Å². The van der Waals surface area contributed by atoms with Crippen molar-refractivity contribution < 1.29 is 10.2 Å². The molecule has 0 aromatic heterocycles. The van der Waals surface area contributed by atoms with Crippen LogP contribution in [0.15, 0.2) is 12.7 Å². The Morgan fingerprint density at radius 2 is 2.00 bits per heavy atom. The summed E-state index contributed by atoms with van der Waals surface area (Å²) in [5, 5.41) is 17.8. The lowest BCUT2D eigenvalue weighted by Gasteiger charge is -2.13. The van der Waals surface area contributed by atoms with Gasteiger partial charge in [0.05, 0.1) is 13.2 Å². The zero-order valence-corrected chi connectivity index (χ0v) is 6.30.